The van der Waals surface area contributed by atoms with Crippen LogP contribution in [-0.2, 0) is 9.09 Å². The van der Waals surface area contributed by atoms with E-state index in [4.69, 9.17) is 4.52 Å². The van der Waals surface area contributed by atoms with E-state index in [0.717, 1.165) is 12.8 Å². The predicted molar refractivity (Wildman–Crippen MR) is 114 cm³/mol. The van der Waals surface area contributed by atoms with E-state index in [1.54, 1.807) is 0 Å². The standard InChI is InChI=1S/C20H45N2O4P/c1-4-5-6-7-8-9-10-11-12-13-14-15-16-17-18-26-27(25,21-19(2)23)22-20(3)24/h19-20,23-24H,4-18H2,1-3H3,(H2,21,22,25). The molecule has 4 N–H and O–H groups in total. The van der Waals surface area contributed by atoms with Crippen molar-refractivity contribution in [3.8, 4) is 0 Å². The van der Waals surface area contributed by atoms with Crippen molar-refractivity contribution >= 4 is 7.67 Å². The highest BCUT2D eigenvalue weighted by Crippen LogP contribution is 2.38. The highest BCUT2D eigenvalue weighted by Gasteiger charge is 2.25. The summed E-state index contributed by atoms with van der Waals surface area (Å²) in [6.07, 6.45) is 16.0. The summed E-state index contributed by atoms with van der Waals surface area (Å²) in [5, 5.41) is 23.6. The van der Waals surface area contributed by atoms with Crippen molar-refractivity contribution in [3.63, 3.8) is 0 Å². The quantitative estimate of drug-likeness (QED) is 0.122. The summed E-state index contributed by atoms with van der Waals surface area (Å²) in [4.78, 5) is 0. The van der Waals surface area contributed by atoms with Crippen molar-refractivity contribution in [2.45, 2.75) is 123 Å². The van der Waals surface area contributed by atoms with Crippen LogP contribution in [-0.4, -0.2) is 29.3 Å². The number of unbranched alkanes of at least 4 members (excludes halogenated alkanes) is 13. The van der Waals surface area contributed by atoms with Crippen molar-refractivity contribution in [1.29, 1.82) is 0 Å². The van der Waals surface area contributed by atoms with Crippen LogP contribution in [0.2, 0.25) is 0 Å². The topological polar surface area (TPSA) is 90.8 Å². The Bertz CT molecular complexity index is 354. The molecule has 0 aromatic carbocycles. The summed E-state index contributed by atoms with van der Waals surface area (Å²) in [5.41, 5.74) is 0. The third-order valence-corrected chi connectivity index (χ3v) is 6.46. The summed E-state index contributed by atoms with van der Waals surface area (Å²) >= 11 is 0. The number of hydrogen-bond acceptors (Lipinski definition) is 4. The maximum absolute atomic E-state index is 12.4. The smallest absolute Gasteiger partial charge is 0.344 e. The van der Waals surface area contributed by atoms with Crippen molar-refractivity contribution < 1.29 is 19.3 Å². The van der Waals surface area contributed by atoms with E-state index in [1.165, 1.54) is 90.9 Å². The minimum absolute atomic E-state index is 0.342. The minimum atomic E-state index is -3.42. The molecular formula is C20H45N2O4P. The van der Waals surface area contributed by atoms with Gasteiger partial charge in [0.25, 0.3) is 0 Å². The summed E-state index contributed by atoms with van der Waals surface area (Å²) in [7, 11) is -3.42. The van der Waals surface area contributed by atoms with Gasteiger partial charge < -0.3 is 14.7 Å². The van der Waals surface area contributed by atoms with Crippen LogP contribution in [0, 0.1) is 0 Å². The second-order valence-electron chi connectivity index (χ2n) is 7.59. The van der Waals surface area contributed by atoms with Crippen LogP contribution in [0.1, 0.15) is 111 Å². The van der Waals surface area contributed by atoms with Gasteiger partial charge in [-0.1, -0.05) is 90.4 Å². The molecule has 7 heteroatoms. The number of rotatable bonds is 20. The van der Waals surface area contributed by atoms with E-state index >= 15 is 0 Å². The first-order chi connectivity index (χ1) is 12.9. The van der Waals surface area contributed by atoms with Crippen molar-refractivity contribution in [2.24, 2.45) is 0 Å². The van der Waals surface area contributed by atoms with E-state index in [0.29, 0.717) is 6.61 Å². The van der Waals surface area contributed by atoms with E-state index < -0.39 is 20.1 Å². The Hall–Kier alpha value is 0.0300. The molecular weight excluding hydrogens is 363 g/mol. The van der Waals surface area contributed by atoms with Crippen LogP contribution in [0.4, 0.5) is 0 Å². The molecule has 0 fully saturated rings. The molecule has 0 bridgehead atoms. The van der Waals surface area contributed by atoms with Crippen molar-refractivity contribution in [3.05, 3.63) is 0 Å². The normalized spacial score (nSPS) is 16.2. The SMILES string of the molecule is CCCCCCCCCCCCCCCCOP(=O)(NC(C)O)NC(C)O. The lowest BCUT2D eigenvalue weighted by Crippen LogP contribution is -2.34. The molecule has 0 heterocycles. The Morgan fingerprint density at radius 3 is 1.37 bits per heavy atom. The lowest BCUT2D eigenvalue weighted by atomic mass is 10.0. The van der Waals surface area contributed by atoms with Crippen LogP contribution in [0.5, 0.6) is 0 Å². The van der Waals surface area contributed by atoms with Crippen LogP contribution < -0.4 is 10.2 Å². The molecule has 0 aliphatic rings. The average molecular weight is 409 g/mol. The Morgan fingerprint density at radius 2 is 1.04 bits per heavy atom. The summed E-state index contributed by atoms with van der Waals surface area (Å²) in [6, 6.07) is 0. The molecule has 0 radical (unpaired) electrons. The van der Waals surface area contributed by atoms with Crippen molar-refractivity contribution in [2.75, 3.05) is 6.61 Å². The molecule has 0 rings (SSSR count). The lowest BCUT2D eigenvalue weighted by Gasteiger charge is -2.23. The van der Waals surface area contributed by atoms with Crippen LogP contribution in [0.15, 0.2) is 0 Å². The largest absolute Gasteiger partial charge is 0.378 e. The van der Waals surface area contributed by atoms with Gasteiger partial charge in [0.15, 0.2) is 0 Å². The van der Waals surface area contributed by atoms with Crippen LogP contribution in [0.25, 0.3) is 0 Å². The second-order valence-corrected chi connectivity index (χ2v) is 9.47. The Kier molecular flexibility index (Phi) is 18.1. The van der Waals surface area contributed by atoms with E-state index in [2.05, 4.69) is 17.1 Å². The summed E-state index contributed by atoms with van der Waals surface area (Å²) < 4.78 is 17.8. The number of hydrogen-bond donors (Lipinski definition) is 4. The first kappa shape index (κ1) is 27.0. The molecule has 0 aliphatic carbocycles. The van der Waals surface area contributed by atoms with Gasteiger partial charge in [-0.25, -0.2) is 10.2 Å². The lowest BCUT2D eigenvalue weighted by molar-refractivity contribution is 0.150. The van der Waals surface area contributed by atoms with Crippen LogP contribution in [0.3, 0.4) is 0 Å². The van der Waals surface area contributed by atoms with Gasteiger partial charge in [0.1, 0.15) is 12.5 Å². The second kappa shape index (κ2) is 18.1. The van der Waals surface area contributed by atoms with Gasteiger partial charge in [0.2, 0.25) is 0 Å². The number of aliphatic hydroxyl groups excluding tert-OH is 2. The molecule has 27 heavy (non-hydrogen) atoms. The molecule has 164 valence electrons. The highest BCUT2D eigenvalue weighted by molar-refractivity contribution is 7.54. The Morgan fingerprint density at radius 1 is 0.704 bits per heavy atom. The monoisotopic (exact) mass is 408 g/mol. The van der Waals surface area contributed by atoms with E-state index in [1.807, 2.05) is 0 Å². The maximum Gasteiger partial charge on any atom is 0.344 e. The molecule has 0 amide bonds. The predicted octanol–water partition coefficient (Wildman–Crippen LogP) is 5.45. The highest BCUT2D eigenvalue weighted by atomic mass is 31.2. The molecule has 0 saturated carbocycles. The number of aliphatic hydroxyl groups is 2. The van der Waals surface area contributed by atoms with Gasteiger partial charge in [-0.2, -0.15) is 0 Å². The molecule has 6 nitrogen and oxygen atoms in total. The molecule has 2 atom stereocenters. The molecule has 2 unspecified atom stereocenters. The van der Waals surface area contributed by atoms with Gasteiger partial charge in [0.05, 0.1) is 6.61 Å². The van der Waals surface area contributed by atoms with E-state index in [9.17, 15) is 14.8 Å². The minimum Gasteiger partial charge on any atom is -0.378 e. The zero-order chi connectivity index (χ0) is 20.4. The number of nitrogens with one attached hydrogen (secondary N) is 2. The molecule has 0 saturated heterocycles. The first-order valence-corrected chi connectivity index (χ1v) is 12.7. The average Bonchev–Trinajstić information content (AvgIpc) is 2.56. The third-order valence-electron chi connectivity index (χ3n) is 4.48. The van der Waals surface area contributed by atoms with Gasteiger partial charge in [-0.05, 0) is 20.3 Å². The summed E-state index contributed by atoms with van der Waals surface area (Å²) in [6.45, 7) is 5.53. The Labute approximate surface area is 167 Å². The molecule has 0 aromatic rings. The zero-order valence-electron chi connectivity index (χ0n) is 17.9. The first-order valence-electron chi connectivity index (χ1n) is 11.1. The third kappa shape index (κ3) is 19.1. The van der Waals surface area contributed by atoms with Crippen molar-refractivity contribution in [1.82, 2.24) is 10.2 Å². The maximum atomic E-state index is 12.4. The Balaban J connectivity index is 3.48. The summed E-state index contributed by atoms with van der Waals surface area (Å²) in [5.74, 6) is 0. The van der Waals surface area contributed by atoms with E-state index in [-0.39, 0.29) is 0 Å². The molecule has 0 aliphatic heterocycles. The van der Waals surface area contributed by atoms with Gasteiger partial charge in [0, 0.05) is 0 Å². The fourth-order valence-electron chi connectivity index (χ4n) is 3.09. The fraction of sp³-hybridized carbons (Fsp3) is 1.00. The van der Waals surface area contributed by atoms with Crippen LogP contribution >= 0.6 is 7.67 Å². The zero-order valence-corrected chi connectivity index (χ0v) is 18.8. The van der Waals surface area contributed by atoms with Gasteiger partial charge in [-0.15, -0.1) is 0 Å². The van der Waals surface area contributed by atoms with Gasteiger partial charge in [-0.3, -0.25) is 4.57 Å². The fourth-order valence-corrected chi connectivity index (χ4v) is 4.69. The molecule has 0 aromatic heterocycles. The van der Waals surface area contributed by atoms with Gasteiger partial charge >= 0.3 is 7.67 Å². The molecule has 0 spiro atoms.